The Balaban J connectivity index is 1.37. The minimum Gasteiger partial charge on any atom is -0.496 e. The number of fused-ring (bicyclic) bond motifs is 1. The summed E-state index contributed by atoms with van der Waals surface area (Å²) in [7, 11) is 1.60. The summed E-state index contributed by atoms with van der Waals surface area (Å²) in [4.78, 5) is 27.1. The molecule has 8 heteroatoms. The van der Waals surface area contributed by atoms with Crippen molar-refractivity contribution in [1.82, 2.24) is 23.9 Å². The highest BCUT2D eigenvalue weighted by molar-refractivity contribution is 6.04. The van der Waals surface area contributed by atoms with Crippen molar-refractivity contribution in [2.24, 2.45) is 0 Å². The third kappa shape index (κ3) is 4.28. The molecule has 3 aromatic heterocycles. The first kappa shape index (κ1) is 23.2. The highest BCUT2D eigenvalue weighted by Gasteiger charge is 2.16. The predicted molar refractivity (Wildman–Crippen MR) is 147 cm³/mol. The van der Waals surface area contributed by atoms with Crippen LogP contribution in [-0.2, 0) is 0 Å². The quantitative estimate of drug-likeness (QED) is 0.312. The largest absolute Gasteiger partial charge is 0.496 e. The van der Waals surface area contributed by atoms with Gasteiger partial charge < -0.3 is 14.5 Å². The number of carbonyl (C=O) groups is 1. The van der Waals surface area contributed by atoms with Gasteiger partial charge in [0.05, 0.1) is 12.8 Å². The minimum atomic E-state index is -0.218. The van der Waals surface area contributed by atoms with Crippen molar-refractivity contribution >= 4 is 17.2 Å². The minimum absolute atomic E-state index is 0.218. The summed E-state index contributed by atoms with van der Waals surface area (Å²) in [5.74, 6) is 1.89. The first-order valence-electron chi connectivity index (χ1n) is 12.1. The van der Waals surface area contributed by atoms with E-state index in [1.54, 1.807) is 31.6 Å². The SMILES string of the molecule is COc1cc(C(=O)Nc2cccc(-c3cn4ccnc4c(-n4ccnc4-c4ccccc4)n3)c2)ccc1C. The maximum absolute atomic E-state index is 13.0. The Morgan fingerprint density at radius 1 is 0.895 bits per heavy atom. The third-order valence-electron chi connectivity index (χ3n) is 6.34. The number of carbonyl (C=O) groups excluding carboxylic acids is 1. The number of methoxy groups -OCH3 is 1. The molecule has 3 heterocycles. The highest BCUT2D eigenvalue weighted by Crippen LogP contribution is 2.27. The first-order valence-corrected chi connectivity index (χ1v) is 12.1. The number of ether oxygens (including phenoxy) is 1. The van der Waals surface area contributed by atoms with Crippen LogP contribution in [-0.4, -0.2) is 36.9 Å². The molecule has 0 saturated carbocycles. The summed E-state index contributed by atoms with van der Waals surface area (Å²) in [6.45, 7) is 1.94. The number of aromatic nitrogens is 5. The maximum Gasteiger partial charge on any atom is 0.255 e. The molecule has 6 aromatic rings. The normalized spacial score (nSPS) is 11.0. The molecular weight excluding hydrogens is 476 g/mol. The van der Waals surface area contributed by atoms with Crippen LogP contribution in [0.5, 0.6) is 5.75 Å². The van der Waals surface area contributed by atoms with Gasteiger partial charge in [-0.1, -0.05) is 48.5 Å². The van der Waals surface area contributed by atoms with Gasteiger partial charge >= 0.3 is 0 Å². The van der Waals surface area contributed by atoms with Gasteiger partial charge in [0.15, 0.2) is 11.5 Å². The number of hydrogen-bond donors (Lipinski definition) is 1. The van der Waals surface area contributed by atoms with Crippen molar-refractivity contribution in [2.45, 2.75) is 6.92 Å². The molecular formula is C30H24N6O2. The number of aryl methyl sites for hydroxylation is 1. The number of rotatable bonds is 6. The Bertz CT molecular complexity index is 1770. The average Bonchev–Trinajstić information content (AvgIpc) is 3.63. The van der Waals surface area contributed by atoms with Crippen LogP contribution in [0.2, 0.25) is 0 Å². The van der Waals surface area contributed by atoms with Gasteiger partial charge in [-0.2, -0.15) is 0 Å². The number of imidazole rings is 2. The maximum atomic E-state index is 13.0. The molecule has 0 aliphatic rings. The zero-order chi connectivity index (χ0) is 26.1. The smallest absolute Gasteiger partial charge is 0.255 e. The van der Waals surface area contributed by atoms with Crippen molar-refractivity contribution in [3.8, 4) is 34.2 Å². The molecule has 0 radical (unpaired) electrons. The van der Waals surface area contributed by atoms with Crippen LogP contribution in [0.4, 0.5) is 5.69 Å². The molecule has 0 saturated heterocycles. The van der Waals surface area contributed by atoms with Gasteiger partial charge in [0.1, 0.15) is 11.6 Å². The van der Waals surface area contributed by atoms with E-state index in [1.807, 2.05) is 95.1 Å². The van der Waals surface area contributed by atoms with Gasteiger partial charge in [-0.3, -0.25) is 9.36 Å². The van der Waals surface area contributed by atoms with Crippen LogP contribution in [0.15, 0.2) is 104 Å². The summed E-state index contributed by atoms with van der Waals surface area (Å²) >= 11 is 0. The van der Waals surface area contributed by atoms with Crippen LogP contribution in [0.25, 0.3) is 34.1 Å². The van der Waals surface area contributed by atoms with Gasteiger partial charge in [0.2, 0.25) is 0 Å². The van der Waals surface area contributed by atoms with Gasteiger partial charge in [-0.15, -0.1) is 0 Å². The lowest BCUT2D eigenvalue weighted by atomic mass is 10.1. The fourth-order valence-electron chi connectivity index (χ4n) is 4.41. The summed E-state index contributed by atoms with van der Waals surface area (Å²) in [6, 6.07) is 23.0. The molecule has 0 spiro atoms. The molecule has 3 aromatic carbocycles. The fraction of sp³-hybridized carbons (Fsp3) is 0.0667. The van der Waals surface area contributed by atoms with Gasteiger partial charge in [0, 0.05) is 53.4 Å². The summed E-state index contributed by atoms with van der Waals surface area (Å²) in [6.07, 6.45) is 9.20. The zero-order valence-electron chi connectivity index (χ0n) is 20.9. The van der Waals surface area contributed by atoms with E-state index in [0.717, 1.165) is 28.2 Å². The van der Waals surface area contributed by atoms with Crippen molar-refractivity contribution in [3.05, 3.63) is 115 Å². The van der Waals surface area contributed by atoms with E-state index >= 15 is 0 Å². The van der Waals surface area contributed by atoms with Crippen molar-refractivity contribution in [1.29, 1.82) is 0 Å². The number of nitrogens with zero attached hydrogens (tertiary/aromatic N) is 5. The monoisotopic (exact) mass is 500 g/mol. The predicted octanol–water partition coefficient (Wildman–Crippen LogP) is 5.82. The van der Waals surface area contributed by atoms with Crippen LogP contribution in [0, 0.1) is 6.92 Å². The number of anilines is 1. The molecule has 0 unspecified atom stereocenters. The van der Waals surface area contributed by atoms with Crippen LogP contribution < -0.4 is 10.1 Å². The summed E-state index contributed by atoms with van der Waals surface area (Å²) < 4.78 is 9.25. The van der Waals surface area contributed by atoms with E-state index in [0.29, 0.717) is 28.5 Å². The van der Waals surface area contributed by atoms with E-state index in [9.17, 15) is 4.79 Å². The number of benzene rings is 3. The van der Waals surface area contributed by atoms with Gasteiger partial charge in [-0.25, -0.2) is 15.0 Å². The number of amides is 1. The Hall–Kier alpha value is -5.24. The fourth-order valence-corrected chi connectivity index (χ4v) is 4.41. The molecule has 8 nitrogen and oxygen atoms in total. The second kappa shape index (κ2) is 9.67. The van der Waals surface area contributed by atoms with Gasteiger partial charge in [0.25, 0.3) is 5.91 Å². The first-order chi connectivity index (χ1) is 18.6. The standard InChI is InChI=1S/C30H24N6O2/c1-20-11-12-23(18-26(20)38-2)30(37)33-24-10-6-9-22(17-24)25-19-35-15-13-32-28(35)29(34-25)36-16-14-31-27(36)21-7-4-3-5-8-21/h3-19H,1-2H3,(H,33,37). The zero-order valence-corrected chi connectivity index (χ0v) is 20.9. The Morgan fingerprint density at radius 2 is 1.71 bits per heavy atom. The van der Waals surface area contributed by atoms with Crippen molar-refractivity contribution in [2.75, 3.05) is 12.4 Å². The Kier molecular flexibility index (Phi) is 5.89. The van der Waals surface area contributed by atoms with Crippen molar-refractivity contribution in [3.63, 3.8) is 0 Å². The van der Waals surface area contributed by atoms with E-state index in [-0.39, 0.29) is 5.91 Å². The summed E-state index contributed by atoms with van der Waals surface area (Å²) in [5.41, 5.74) is 5.42. The van der Waals surface area contributed by atoms with Crippen LogP contribution >= 0.6 is 0 Å². The lowest BCUT2D eigenvalue weighted by Gasteiger charge is -2.12. The van der Waals surface area contributed by atoms with Crippen LogP contribution in [0.3, 0.4) is 0 Å². The molecule has 6 rings (SSSR count). The number of nitrogens with one attached hydrogen (secondary N) is 1. The third-order valence-corrected chi connectivity index (χ3v) is 6.34. The molecule has 0 bridgehead atoms. The molecule has 0 atom stereocenters. The Morgan fingerprint density at radius 3 is 2.55 bits per heavy atom. The van der Waals surface area contributed by atoms with Gasteiger partial charge in [-0.05, 0) is 36.8 Å². The lowest BCUT2D eigenvalue weighted by Crippen LogP contribution is -2.12. The molecule has 0 aliphatic heterocycles. The van der Waals surface area contributed by atoms with E-state index < -0.39 is 0 Å². The Labute approximate surface area is 219 Å². The molecule has 1 N–H and O–H groups in total. The van der Waals surface area contributed by atoms with E-state index in [2.05, 4.69) is 15.3 Å². The highest BCUT2D eigenvalue weighted by atomic mass is 16.5. The van der Waals surface area contributed by atoms with Crippen LogP contribution in [0.1, 0.15) is 15.9 Å². The lowest BCUT2D eigenvalue weighted by molar-refractivity contribution is 0.102. The summed E-state index contributed by atoms with van der Waals surface area (Å²) in [5, 5.41) is 2.99. The molecule has 186 valence electrons. The molecule has 0 aliphatic carbocycles. The number of hydrogen-bond acceptors (Lipinski definition) is 5. The second-order valence-electron chi connectivity index (χ2n) is 8.81. The van der Waals surface area contributed by atoms with E-state index in [1.165, 1.54) is 0 Å². The average molecular weight is 501 g/mol. The second-order valence-corrected chi connectivity index (χ2v) is 8.81. The van der Waals surface area contributed by atoms with E-state index in [4.69, 9.17) is 9.72 Å². The molecule has 1 amide bonds. The topological polar surface area (TPSA) is 86.3 Å². The molecule has 0 fully saturated rings. The molecule has 38 heavy (non-hydrogen) atoms. The van der Waals surface area contributed by atoms with Crippen molar-refractivity contribution < 1.29 is 9.53 Å².